The number of rotatable bonds is 4. The van der Waals surface area contributed by atoms with Gasteiger partial charge in [-0.25, -0.2) is 4.98 Å². The van der Waals surface area contributed by atoms with Crippen molar-refractivity contribution in [1.29, 1.82) is 0 Å². The Kier molecular flexibility index (Phi) is 4.31. The summed E-state index contributed by atoms with van der Waals surface area (Å²) >= 11 is 0. The molecule has 1 atom stereocenters. The Hall–Kier alpha value is -1.16. The Bertz CT molecular complexity index is 350. The first-order valence-corrected chi connectivity index (χ1v) is 6.36. The second-order valence-corrected chi connectivity index (χ2v) is 4.67. The molecule has 4 heteroatoms. The number of aromatic nitrogens is 1. The molecule has 1 aliphatic rings. The maximum atomic E-state index is 12.9. The van der Waals surface area contributed by atoms with Gasteiger partial charge < -0.3 is 5.32 Å². The Labute approximate surface area is 102 Å². The van der Waals surface area contributed by atoms with Gasteiger partial charge in [0.15, 0.2) is 0 Å². The third kappa shape index (κ3) is 3.66. The summed E-state index contributed by atoms with van der Waals surface area (Å²) in [7, 11) is 0. The molecule has 0 amide bonds. The molecule has 0 spiro atoms. The van der Waals surface area contributed by atoms with Gasteiger partial charge in [0.1, 0.15) is 5.82 Å². The molecule has 0 saturated carbocycles. The number of piperidine rings is 1. The van der Waals surface area contributed by atoms with Crippen molar-refractivity contribution in [1.82, 2.24) is 9.88 Å². The van der Waals surface area contributed by atoms with Gasteiger partial charge in [-0.2, -0.15) is 4.39 Å². The predicted octanol–water partition coefficient (Wildman–Crippen LogP) is 2.51. The first-order valence-electron chi connectivity index (χ1n) is 6.36. The zero-order chi connectivity index (χ0) is 12.1. The van der Waals surface area contributed by atoms with E-state index in [2.05, 4.69) is 22.1 Å². The van der Waals surface area contributed by atoms with Crippen LogP contribution in [0.15, 0.2) is 18.2 Å². The molecule has 3 nitrogen and oxygen atoms in total. The van der Waals surface area contributed by atoms with Crippen LogP contribution in [0.1, 0.15) is 26.2 Å². The highest BCUT2D eigenvalue weighted by Gasteiger charge is 2.16. The van der Waals surface area contributed by atoms with Gasteiger partial charge in [-0.1, -0.05) is 12.5 Å². The van der Waals surface area contributed by atoms with Crippen LogP contribution in [0, 0.1) is 5.95 Å². The molecule has 1 N–H and O–H groups in total. The standard InChI is InChI=1S/C13H20FN3/c1-11(17-8-3-2-4-9-17)10-15-13-7-5-6-12(14)16-13/h5-7,11H,2-4,8-10H2,1H3,(H,15,16). The van der Waals surface area contributed by atoms with Crippen LogP contribution in [0.5, 0.6) is 0 Å². The van der Waals surface area contributed by atoms with E-state index in [1.54, 1.807) is 12.1 Å². The lowest BCUT2D eigenvalue weighted by atomic mass is 10.1. The summed E-state index contributed by atoms with van der Waals surface area (Å²) in [5, 5.41) is 3.19. The number of nitrogens with zero attached hydrogens (tertiary/aromatic N) is 2. The number of hydrogen-bond acceptors (Lipinski definition) is 3. The molecule has 0 aliphatic carbocycles. The van der Waals surface area contributed by atoms with E-state index in [4.69, 9.17) is 0 Å². The third-order valence-corrected chi connectivity index (χ3v) is 3.31. The van der Waals surface area contributed by atoms with Crippen LogP contribution in [0.2, 0.25) is 0 Å². The summed E-state index contributed by atoms with van der Waals surface area (Å²) in [5.41, 5.74) is 0. The Morgan fingerprint density at radius 2 is 2.12 bits per heavy atom. The number of anilines is 1. The van der Waals surface area contributed by atoms with Crippen LogP contribution < -0.4 is 5.32 Å². The molecule has 1 aromatic rings. The first kappa shape index (κ1) is 12.3. The van der Waals surface area contributed by atoms with Gasteiger partial charge in [-0.3, -0.25) is 4.90 Å². The number of pyridine rings is 1. The quantitative estimate of drug-likeness (QED) is 0.816. The zero-order valence-corrected chi connectivity index (χ0v) is 10.3. The molecule has 2 rings (SSSR count). The lowest BCUT2D eigenvalue weighted by Gasteiger charge is -2.32. The highest BCUT2D eigenvalue weighted by atomic mass is 19.1. The van der Waals surface area contributed by atoms with E-state index in [9.17, 15) is 4.39 Å². The topological polar surface area (TPSA) is 28.2 Å². The smallest absolute Gasteiger partial charge is 0.214 e. The summed E-state index contributed by atoms with van der Waals surface area (Å²) in [4.78, 5) is 6.28. The normalized spacial score (nSPS) is 18.9. The molecule has 17 heavy (non-hydrogen) atoms. The summed E-state index contributed by atoms with van der Waals surface area (Å²) in [6.07, 6.45) is 3.94. The van der Waals surface area contributed by atoms with E-state index in [0.717, 1.165) is 6.54 Å². The van der Waals surface area contributed by atoms with Crippen molar-refractivity contribution in [3.63, 3.8) is 0 Å². The van der Waals surface area contributed by atoms with Gasteiger partial charge in [0.2, 0.25) is 5.95 Å². The highest BCUT2D eigenvalue weighted by molar-refractivity contribution is 5.33. The fraction of sp³-hybridized carbons (Fsp3) is 0.615. The van der Waals surface area contributed by atoms with Crippen molar-refractivity contribution in [2.75, 3.05) is 25.0 Å². The van der Waals surface area contributed by atoms with Crippen molar-refractivity contribution < 1.29 is 4.39 Å². The number of halogens is 1. The minimum Gasteiger partial charge on any atom is -0.368 e. The van der Waals surface area contributed by atoms with Gasteiger partial charge in [-0.05, 0) is 45.0 Å². The highest BCUT2D eigenvalue weighted by Crippen LogP contribution is 2.12. The van der Waals surface area contributed by atoms with Crippen LogP contribution in [0.4, 0.5) is 10.2 Å². The molecule has 1 saturated heterocycles. The molecular weight excluding hydrogens is 217 g/mol. The number of hydrogen-bond donors (Lipinski definition) is 1. The molecule has 1 fully saturated rings. The van der Waals surface area contributed by atoms with Crippen LogP contribution in [-0.4, -0.2) is 35.6 Å². The van der Waals surface area contributed by atoms with Gasteiger partial charge >= 0.3 is 0 Å². The zero-order valence-electron chi connectivity index (χ0n) is 10.3. The minimum atomic E-state index is -0.430. The molecule has 0 aromatic carbocycles. The molecule has 1 unspecified atom stereocenters. The van der Waals surface area contributed by atoms with E-state index in [0.29, 0.717) is 11.9 Å². The SMILES string of the molecule is CC(CNc1cccc(F)n1)N1CCCCC1. The average Bonchev–Trinajstić information content (AvgIpc) is 2.37. The second-order valence-electron chi connectivity index (χ2n) is 4.67. The van der Waals surface area contributed by atoms with E-state index in [1.165, 1.54) is 38.4 Å². The number of nitrogens with one attached hydrogen (secondary N) is 1. The average molecular weight is 237 g/mol. The molecule has 0 bridgehead atoms. The van der Waals surface area contributed by atoms with Crippen molar-refractivity contribution in [2.45, 2.75) is 32.2 Å². The van der Waals surface area contributed by atoms with Crippen LogP contribution >= 0.6 is 0 Å². The number of likely N-dealkylation sites (tertiary alicyclic amines) is 1. The molecule has 94 valence electrons. The maximum Gasteiger partial charge on any atom is 0.214 e. The summed E-state index contributed by atoms with van der Waals surface area (Å²) in [5.74, 6) is 0.189. The van der Waals surface area contributed by atoms with Gasteiger partial charge in [0, 0.05) is 12.6 Å². The summed E-state index contributed by atoms with van der Waals surface area (Å²) in [6, 6.07) is 5.31. The molecule has 0 radical (unpaired) electrons. The Balaban J connectivity index is 1.80. The van der Waals surface area contributed by atoms with Gasteiger partial charge in [-0.15, -0.1) is 0 Å². The van der Waals surface area contributed by atoms with Gasteiger partial charge in [0.25, 0.3) is 0 Å². The van der Waals surface area contributed by atoms with Crippen LogP contribution in [0.3, 0.4) is 0 Å². The fourth-order valence-electron chi connectivity index (χ4n) is 2.25. The summed E-state index contributed by atoms with van der Waals surface area (Å²) < 4.78 is 12.9. The largest absolute Gasteiger partial charge is 0.368 e. The first-order chi connectivity index (χ1) is 8.25. The van der Waals surface area contributed by atoms with Crippen molar-refractivity contribution in [2.24, 2.45) is 0 Å². The Morgan fingerprint density at radius 1 is 1.35 bits per heavy atom. The molecule has 2 heterocycles. The van der Waals surface area contributed by atoms with E-state index in [1.807, 2.05) is 0 Å². The van der Waals surface area contributed by atoms with E-state index in [-0.39, 0.29) is 0 Å². The van der Waals surface area contributed by atoms with E-state index >= 15 is 0 Å². The fourth-order valence-corrected chi connectivity index (χ4v) is 2.25. The lowest BCUT2D eigenvalue weighted by Crippen LogP contribution is -2.41. The maximum absolute atomic E-state index is 12.9. The second kappa shape index (κ2) is 5.96. The van der Waals surface area contributed by atoms with E-state index < -0.39 is 5.95 Å². The van der Waals surface area contributed by atoms with Crippen molar-refractivity contribution >= 4 is 5.82 Å². The summed E-state index contributed by atoms with van der Waals surface area (Å²) in [6.45, 7) is 5.38. The van der Waals surface area contributed by atoms with Gasteiger partial charge in [0.05, 0.1) is 0 Å². The van der Waals surface area contributed by atoms with Crippen molar-refractivity contribution in [3.05, 3.63) is 24.1 Å². The monoisotopic (exact) mass is 237 g/mol. The molecule has 1 aliphatic heterocycles. The van der Waals surface area contributed by atoms with Crippen LogP contribution in [0.25, 0.3) is 0 Å². The lowest BCUT2D eigenvalue weighted by molar-refractivity contribution is 0.180. The van der Waals surface area contributed by atoms with Crippen molar-refractivity contribution in [3.8, 4) is 0 Å². The minimum absolute atomic E-state index is 0.430. The van der Waals surface area contributed by atoms with Crippen LogP contribution in [-0.2, 0) is 0 Å². The molecular formula is C13H20FN3. The molecule has 1 aromatic heterocycles. The third-order valence-electron chi connectivity index (χ3n) is 3.31. The predicted molar refractivity (Wildman–Crippen MR) is 67.6 cm³/mol. The Morgan fingerprint density at radius 3 is 2.82 bits per heavy atom.